The Kier molecular flexibility index (Phi) is 6.07. The van der Waals surface area contributed by atoms with Gasteiger partial charge in [0, 0.05) is 10.8 Å². The van der Waals surface area contributed by atoms with Gasteiger partial charge in [-0.2, -0.15) is 0 Å². The molecular formula is C18H22N2O2S. The van der Waals surface area contributed by atoms with E-state index in [-0.39, 0.29) is 5.75 Å². The van der Waals surface area contributed by atoms with Crippen LogP contribution in [-0.4, -0.2) is 19.2 Å². The van der Waals surface area contributed by atoms with Gasteiger partial charge in [0.2, 0.25) is 10.0 Å². The number of benzene rings is 2. The Bertz CT molecular complexity index is 771. The fraction of sp³-hybridized carbons (Fsp3) is 0.278. The molecule has 0 saturated carbocycles. The quantitative estimate of drug-likeness (QED) is 0.583. The van der Waals surface area contributed by atoms with E-state index in [4.69, 9.17) is 5.14 Å². The normalized spacial score (nSPS) is 11.2. The standard InChI is InChI=1S/C13H9N.C5H13NO2S/c1-3-7-12-10(5-1)9-11-6-2-4-8-13(11)14-12;1-2-3-4-5-9(6,7)8/h1-9H;2-5H2,1H3,(H2,6,7,8). The van der Waals surface area contributed by atoms with E-state index in [1.165, 1.54) is 10.8 Å². The third kappa shape index (κ3) is 5.62. The number of sulfonamides is 1. The lowest BCUT2D eigenvalue weighted by Gasteiger charge is -1.99. The Balaban J connectivity index is 0.000000188. The second-order valence-electron chi connectivity index (χ2n) is 5.45. The van der Waals surface area contributed by atoms with E-state index >= 15 is 0 Å². The number of unbranched alkanes of at least 4 members (excludes halogenated alkanes) is 2. The largest absolute Gasteiger partial charge is 0.248 e. The van der Waals surface area contributed by atoms with Crippen LogP contribution in [-0.2, 0) is 10.0 Å². The first kappa shape index (κ1) is 17.4. The molecule has 0 aliphatic heterocycles. The van der Waals surface area contributed by atoms with Gasteiger partial charge in [-0.3, -0.25) is 0 Å². The van der Waals surface area contributed by atoms with Crippen molar-refractivity contribution in [2.75, 3.05) is 5.75 Å². The number of fused-ring (bicyclic) bond motifs is 2. The molecule has 4 nitrogen and oxygen atoms in total. The lowest BCUT2D eigenvalue weighted by atomic mass is 10.1. The predicted octanol–water partition coefficient (Wildman–Crippen LogP) is 3.85. The lowest BCUT2D eigenvalue weighted by Crippen LogP contribution is -2.16. The first-order chi connectivity index (χ1) is 11.0. The zero-order chi connectivity index (χ0) is 16.7. The minimum atomic E-state index is -3.20. The Morgan fingerprint density at radius 3 is 1.91 bits per heavy atom. The van der Waals surface area contributed by atoms with Crippen LogP contribution in [0.4, 0.5) is 0 Å². The maximum atomic E-state index is 10.3. The minimum Gasteiger partial charge on any atom is -0.248 e. The lowest BCUT2D eigenvalue weighted by molar-refractivity contribution is 0.592. The average molecular weight is 330 g/mol. The average Bonchev–Trinajstić information content (AvgIpc) is 2.52. The Hall–Kier alpha value is -1.98. The van der Waals surface area contributed by atoms with Gasteiger partial charge < -0.3 is 0 Å². The Morgan fingerprint density at radius 1 is 0.913 bits per heavy atom. The van der Waals surface area contributed by atoms with Crippen molar-refractivity contribution < 1.29 is 8.42 Å². The van der Waals surface area contributed by atoms with E-state index in [2.05, 4.69) is 23.2 Å². The maximum absolute atomic E-state index is 10.3. The number of hydrogen-bond acceptors (Lipinski definition) is 3. The molecule has 0 aliphatic rings. The molecule has 122 valence electrons. The van der Waals surface area contributed by atoms with Crippen molar-refractivity contribution in [3.8, 4) is 0 Å². The van der Waals surface area contributed by atoms with E-state index in [1.807, 2.05) is 43.3 Å². The Labute approximate surface area is 137 Å². The maximum Gasteiger partial charge on any atom is 0.209 e. The fourth-order valence-electron chi connectivity index (χ4n) is 2.27. The summed E-state index contributed by atoms with van der Waals surface area (Å²) < 4.78 is 20.6. The van der Waals surface area contributed by atoms with Crippen molar-refractivity contribution >= 4 is 31.8 Å². The zero-order valence-corrected chi connectivity index (χ0v) is 14.1. The molecule has 5 heteroatoms. The van der Waals surface area contributed by atoms with Gasteiger partial charge in [-0.25, -0.2) is 18.5 Å². The molecule has 1 heterocycles. The molecule has 0 radical (unpaired) electrons. The molecule has 0 amide bonds. The van der Waals surface area contributed by atoms with Crippen LogP contribution in [0.25, 0.3) is 21.8 Å². The number of hydrogen-bond donors (Lipinski definition) is 1. The number of nitrogens with two attached hydrogens (primary N) is 1. The first-order valence-corrected chi connectivity index (χ1v) is 9.46. The summed E-state index contributed by atoms with van der Waals surface area (Å²) in [5.41, 5.74) is 2.12. The van der Waals surface area contributed by atoms with E-state index in [1.54, 1.807) is 0 Å². The van der Waals surface area contributed by atoms with Crippen molar-refractivity contribution in [2.24, 2.45) is 5.14 Å². The van der Waals surface area contributed by atoms with Crippen LogP contribution in [0, 0.1) is 0 Å². The summed E-state index contributed by atoms with van der Waals surface area (Å²) in [4.78, 5) is 4.58. The van der Waals surface area contributed by atoms with Crippen molar-refractivity contribution in [1.29, 1.82) is 0 Å². The molecule has 0 bridgehead atoms. The van der Waals surface area contributed by atoms with Gasteiger partial charge in [-0.15, -0.1) is 0 Å². The van der Waals surface area contributed by atoms with Crippen molar-refractivity contribution in [1.82, 2.24) is 4.98 Å². The van der Waals surface area contributed by atoms with Gasteiger partial charge in [0.25, 0.3) is 0 Å². The molecule has 0 aliphatic carbocycles. The van der Waals surface area contributed by atoms with E-state index < -0.39 is 10.0 Å². The number of pyridine rings is 1. The van der Waals surface area contributed by atoms with Gasteiger partial charge >= 0.3 is 0 Å². The molecule has 2 aromatic carbocycles. The van der Waals surface area contributed by atoms with Gasteiger partial charge in [-0.05, 0) is 24.6 Å². The van der Waals surface area contributed by atoms with Crippen molar-refractivity contribution in [2.45, 2.75) is 26.2 Å². The van der Waals surface area contributed by atoms with Gasteiger partial charge in [-0.1, -0.05) is 56.2 Å². The van der Waals surface area contributed by atoms with Crippen LogP contribution in [0.1, 0.15) is 26.2 Å². The number of para-hydroxylation sites is 2. The second-order valence-corrected chi connectivity index (χ2v) is 7.18. The van der Waals surface area contributed by atoms with E-state index in [9.17, 15) is 8.42 Å². The molecule has 0 fully saturated rings. The van der Waals surface area contributed by atoms with Crippen LogP contribution in [0.15, 0.2) is 54.6 Å². The highest BCUT2D eigenvalue weighted by atomic mass is 32.2. The number of rotatable bonds is 4. The number of primary sulfonamides is 1. The number of nitrogens with zero attached hydrogens (tertiary/aromatic N) is 1. The van der Waals surface area contributed by atoms with Crippen molar-refractivity contribution in [3.63, 3.8) is 0 Å². The molecule has 23 heavy (non-hydrogen) atoms. The van der Waals surface area contributed by atoms with Crippen molar-refractivity contribution in [3.05, 3.63) is 54.6 Å². The molecule has 3 aromatic rings. The molecule has 2 N–H and O–H groups in total. The summed E-state index contributed by atoms with van der Waals surface area (Å²) in [7, 11) is -3.20. The summed E-state index contributed by atoms with van der Waals surface area (Å²) in [5.74, 6) is 0.126. The summed E-state index contributed by atoms with van der Waals surface area (Å²) in [5, 5.41) is 7.15. The highest BCUT2D eigenvalue weighted by Crippen LogP contribution is 2.18. The minimum absolute atomic E-state index is 0.126. The summed E-state index contributed by atoms with van der Waals surface area (Å²) >= 11 is 0. The van der Waals surface area contributed by atoms with Gasteiger partial charge in [0.15, 0.2) is 0 Å². The third-order valence-corrected chi connectivity index (χ3v) is 4.32. The number of aromatic nitrogens is 1. The predicted molar refractivity (Wildman–Crippen MR) is 96.7 cm³/mol. The SMILES string of the molecule is CCCCCS(N)(=O)=O.c1ccc2nc3ccccc3cc2c1. The fourth-order valence-corrected chi connectivity index (χ4v) is 2.88. The summed E-state index contributed by atoms with van der Waals surface area (Å²) in [6, 6.07) is 18.6. The molecular weight excluding hydrogens is 308 g/mol. The molecule has 0 atom stereocenters. The highest BCUT2D eigenvalue weighted by Gasteiger charge is 1.99. The van der Waals surface area contributed by atoms with Crippen LogP contribution in [0.2, 0.25) is 0 Å². The summed E-state index contributed by atoms with van der Waals surface area (Å²) in [6.07, 6.45) is 2.65. The second kappa shape index (κ2) is 8.04. The van der Waals surface area contributed by atoms with Gasteiger partial charge in [0.1, 0.15) is 0 Å². The molecule has 0 spiro atoms. The molecule has 0 unspecified atom stereocenters. The van der Waals surface area contributed by atoms with Crippen LogP contribution in [0.5, 0.6) is 0 Å². The summed E-state index contributed by atoms with van der Waals surface area (Å²) in [6.45, 7) is 2.02. The van der Waals surface area contributed by atoms with Crippen LogP contribution in [0.3, 0.4) is 0 Å². The Morgan fingerprint density at radius 2 is 1.43 bits per heavy atom. The topological polar surface area (TPSA) is 73.1 Å². The molecule has 0 saturated heterocycles. The highest BCUT2D eigenvalue weighted by molar-refractivity contribution is 7.89. The van der Waals surface area contributed by atoms with Gasteiger partial charge in [0.05, 0.1) is 16.8 Å². The molecule has 1 aromatic heterocycles. The first-order valence-electron chi connectivity index (χ1n) is 7.74. The third-order valence-electron chi connectivity index (χ3n) is 3.46. The zero-order valence-electron chi connectivity index (χ0n) is 13.3. The monoisotopic (exact) mass is 330 g/mol. The van der Waals surface area contributed by atoms with Crippen LogP contribution < -0.4 is 5.14 Å². The van der Waals surface area contributed by atoms with E-state index in [0.717, 1.165) is 23.9 Å². The van der Waals surface area contributed by atoms with Crippen LogP contribution >= 0.6 is 0 Å². The smallest absolute Gasteiger partial charge is 0.209 e. The van der Waals surface area contributed by atoms with E-state index in [0.29, 0.717) is 6.42 Å². The molecule has 3 rings (SSSR count).